The van der Waals surface area contributed by atoms with Gasteiger partial charge in [-0.3, -0.25) is 19.4 Å². The van der Waals surface area contributed by atoms with Crippen LogP contribution in [0, 0.1) is 0 Å². The number of aliphatic hydroxyl groups is 1. The zero-order valence-electron chi connectivity index (χ0n) is 31.6. The summed E-state index contributed by atoms with van der Waals surface area (Å²) in [6.45, 7) is 2.89. The van der Waals surface area contributed by atoms with E-state index >= 15 is 0 Å². The van der Waals surface area contributed by atoms with Crippen LogP contribution in [0.3, 0.4) is 0 Å². The Morgan fingerprint density at radius 2 is 1.52 bits per heavy atom. The maximum atomic E-state index is 12.9. The van der Waals surface area contributed by atoms with Gasteiger partial charge in [0, 0.05) is 57.0 Å². The lowest BCUT2D eigenvalue weighted by molar-refractivity contribution is -0.253. The summed E-state index contributed by atoms with van der Waals surface area (Å²) in [5.41, 5.74) is 9.30. The van der Waals surface area contributed by atoms with Gasteiger partial charge in [-0.2, -0.15) is 0 Å². The molecule has 7 rings (SSSR count). The van der Waals surface area contributed by atoms with Crippen molar-refractivity contribution in [3.63, 3.8) is 0 Å². The van der Waals surface area contributed by atoms with Gasteiger partial charge in [0.05, 0.1) is 29.8 Å². The average Bonchev–Trinajstić information content (AvgIpc) is 3.58. The first-order valence-corrected chi connectivity index (χ1v) is 19.7. The Bertz CT molecular complexity index is 2120. The molecule has 1 aromatic heterocycles. The highest BCUT2D eigenvalue weighted by atomic mass is 16.7. The van der Waals surface area contributed by atoms with E-state index in [9.17, 15) is 19.5 Å². The van der Waals surface area contributed by atoms with Gasteiger partial charge in [-0.05, 0) is 71.7 Å². The number of H-pyrrole nitrogens is 1. The van der Waals surface area contributed by atoms with Crippen molar-refractivity contribution in [2.45, 2.75) is 89.1 Å². The monoisotopic (exact) mass is 761 g/mol. The number of carbonyl (C=O) groups excluding carboxylic acids is 2. The summed E-state index contributed by atoms with van der Waals surface area (Å²) >= 11 is 0. The molecule has 12 heteroatoms. The third-order valence-electron chi connectivity index (χ3n) is 11.0. The van der Waals surface area contributed by atoms with Gasteiger partial charge in [-0.15, -0.1) is 0 Å². The van der Waals surface area contributed by atoms with Gasteiger partial charge >= 0.3 is 5.69 Å². The summed E-state index contributed by atoms with van der Waals surface area (Å²) in [7, 11) is 0. The summed E-state index contributed by atoms with van der Waals surface area (Å²) in [4.78, 5) is 41.9. The molecule has 0 bridgehead atoms. The largest absolute Gasteiger partial charge is 0.392 e. The topological polar surface area (TPSA) is 158 Å². The Labute approximate surface area is 326 Å². The summed E-state index contributed by atoms with van der Waals surface area (Å²) in [6, 6.07) is 32.3. The number of aliphatic hydroxyl groups excluding tert-OH is 1. The second kappa shape index (κ2) is 18.7. The van der Waals surface area contributed by atoms with E-state index in [-0.39, 0.29) is 42.9 Å². The molecule has 2 aliphatic heterocycles. The van der Waals surface area contributed by atoms with Crippen LogP contribution in [0.2, 0.25) is 0 Å². The molecule has 56 heavy (non-hydrogen) atoms. The van der Waals surface area contributed by atoms with Crippen LogP contribution >= 0.6 is 0 Å². The molecule has 294 valence electrons. The first-order chi connectivity index (χ1) is 27.4. The fraction of sp³-hybridized carbons (Fsp3) is 0.386. The van der Waals surface area contributed by atoms with Crippen molar-refractivity contribution in [3.05, 3.63) is 130 Å². The molecule has 12 nitrogen and oxygen atoms in total. The average molecular weight is 762 g/mol. The van der Waals surface area contributed by atoms with E-state index in [4.69, 9.17) is 14.7 Å². The molecule has 5 N–H and O–H groups in total. The zero-order chi connectivity index (χ0) is 38.9. The second-order valence-corrected chi connectivity index (χ2v) is 14.9. The van der Waals surface area contributed by atoms with Gasteiger partial charge in [0.15, 0.2) is 6.29 Å². The third-order valence-corrected chi connectivity index (χ3v) is 11.0. The van der Waals surface area contributed by atoms with Crippen LogP contribution in [0.4, 0.5) is 0 Å². The number of hydrogen-bond donors (Lipinski definition) is 5. The number of hydrogen-bond acceptors (Lipinski definition) is 8. The van der Waals surface area contributed by atoms with Crippen LogP contribution in [0.25, 0.3) is 22.2 Å². The lowest BCUT2D eigenvalue weighted by Crippen LogP contribution is -2.43. The van der Waals surface area contributed by atoms with E-state index in [1.807, 2.05) is 65.2 Å². The van der Waals surface area contributed by atoms with Crippen LogP contribution in [-0.2, 0) is 32.2 Å². The zero-order valence-corrected chi connectivity index (χ0v) is 31.6. The molecule has 0 spiro atoms. The van der Waals surface area contributed by atoms with E-state index in [0.29, 0.717) is 32.2 Å². The van der Waals surface area contributed by atoms with Crippen molar-refractivity contribution >= 4 is 22.8 Å². The van der Waals surface area contributed by atoms with Crippen molar-refractivity contribution in [2.24, 2.45) is 0 Å². The minimum absolute atomic E-state index is 0.0127. The predicted molar refractivity (Wildman–Crippen MR) is 212 cm³/mol. The number of amides is 2. The van der Waals surface area contributed by atoms with Crippen molar-refractivity contribution in [1.29, 1.82) is 0 Å². The molecule has 2 aliphatic rings. The van der Waals surface area contributed by atoms with Crippen LogP contribution in [0.1, 0.15) is 92.1 Å². The normalized spacial score (nSPS) is 19.2. The number of likely N-dealkylation sites (tertiary alicyclic amines) is 1. The second-order valence-electron chi connectivity index (χ2n) is 14.9. The molecule has 3 unspecified atom stereocenters. The fourth-order valence-corrected chi connectivity index (χ4v) is 7.90. The van der Waals surface area contributed by atoms with Crippen molar-refractivity contribution in [3.8, 4) is 11.1 Å². The van der Waals surface area contributed by atoms with Gasteiger partial charge < -0.3 is 29.8 Å². The number of hydroxylamine groups is 1. The van der Waals surface area contributed by atoms with E-state index in [0.717, 1.165) is 83.3 Å². The van der Waals surface area contributed by atoms with Gasteiger partial charge in [-0.25, -0.2) is 10.3 Å². The Morgan fingerprint density at radius 3 is 2.27 bits per heavy atom. The number of benzene rings is 4. The van der Waals surface area contributed by atoms with Crippen molar-refractivity contribution in [1.82, 2.24) is 25.2 Å². The first kappa shape index (κ1) is 39.1. The number of ether oxygens (including phenoxy) is 2. The molecule has 0 saturated carbocycles. The number of piperidine rings is 1. The van der Waals surface area contributed by atoms with Gasteiger partial charge in [0.2, 0.25) is 11.8 Å². The van der Waals surface area contributed by atoms with E-state index < -0.39 is 12.2 Å². The molecule has 5 aromatic rings. The molecule has 0 aliphatic carbocycles. The standard InChI is InChI=1S/C44H51N5O7/c50-29-30-13-15-33(16-14-30)40-26-37(28-48-23-21-36(22-24-48)49-39-10-5-4-9-38(39)46-44(49)53)55-43(56-40)34-19-17-32(18-20-34)35-8-6-7-31(25-35)27-45-41(51)11-2-1-3-12-42(52)47-54/h4-10,13-20,25,36-37,40,43,50,54H,1-3,11-12,21-24,26-29H2,(H,45,51)(H,46,53)(H,47,52). The van der Waals surface area contributed by atoms with Crippen LogP contribution in [-0.4, -0.2) is 62.3 Å². The molecule has 3 heterocycles. The van der Waals surface area contributed by atoms with Crippen LogP contribution in [0.15, 0.2) is 102 Å². The molecule has 2 saturated heterocycles. The third kappa shape index (κ3) is 9.81. The molecule has 4 aromatic carbocycles. The van der Waals surface area contributed by atoms with Crippen LogP contribution in [0.5, 0.6) is 0 Å². The van der Waals surface area contributed by atoms with E-state index in [1.165, 1.54) is 0 Å². The lowest BCUT2D eigenvalue weighted by atomic mass is 9.98. The molecule has 2 amide bonds. The summed E-state index contributed by atoms with van der Waals surface area (Å²) in [6.07, 6.45) is 4.28. The van der Waals surface area contributed by atoms with Gasteiger partial charge in [-0.1, -0.05) is 85.3 Å². The van der Waals surface area contributed by atoms with E-state index in [1.54, 1.807) is 5.48 Å². The SMILES string of the molecule is O=C(CCCCCC(=O)NCc1cccc(-c2ccc(C3OC(CN4CCC(n5c(=O)[nH]c6ccccc65)CC4)CC(c4ccc(CO)cc4)O3)cc2)c1)NO. The Kier molecular flexibility index (Phi) is 13.1. The van der Waals surface area contributed by atoms with Gasteiger partial charge in [0.25, 0.3) is 0 Å². The molecular weight excluding hydrogens is 711 g/mol. The number of nitrogens with zero attached hydrogens (tertiary/aromatic N) is 2. The number of imidazole rings is 1. The number of unbranched alkanes of at least 4 members (excludes halogenated alkanes) is 2. The Balaban J connectivity index is 0.978. The van der Waals surface area contributed by atoms with Gasteiger partial charge in [0.1, 0.15) is 0 Å². The minimum atomic E-state index is -0.568. The number of nitrogens with one attached hydrogen (secondary N) is 3. The van der Waals surface area contributed by atoms with Crippen molar-refractivity contribution < 1.29 is 29.4 Å². The summed E-state index contributed by atoms with van der Waals surface area (Å²) in [5, 5.41) is 21.2. The highest BCUT2D eigenvalue weighted by molar-refractivity contribution is 5.76. The predicted octanol–water partition coefficient (Wildman–Crippen LogP) is 6.44. The Morgan fingerprint density at radius 1 is 0.786 bits per heavy atom. The highest BCUT2D eigenvalue weighted by Gasteiger charge is 2.34. The number of fused-ring (bicyclic) bond motifs is 1. The van der Waals surface area contributed by atoms with E-state index in [2.05, 4.69) is 51.6 Å². The quantitative estimate of drug-likeness (QED) is 0.0463. The number of para-hydroxylation sites is 2. The molecule has 2 fully saturated rings. The summed E-state index contributed by atoms with van der Waals surface area (Å²) in [5.74, 6) is -0.447. The molecular formula is C44H51N5O7. The summed E-state index contributed by atoms with van der Waals surface area (Å²) < 4.78 is 15.3. The smallest absolute Gasteiger partial charge is 0.326 e. The molecule has 0 radical (unpaired) electrons. The van der Waals surface area contributed by atoms with Crippen molar-refractivity contribution in [2.75, 3.05) is 19.6 Å². The minimum Gasteiger partial charge on any atom is -0.392 e. The number of aromatic nitrogens is 2. The lowest BCUT2D eigenvalue weighted by Gasteiger charge is -2.40. The molecule has 3 atom stereocenters. The number of rotatable bonds is 15. The first-order valence-electron chi connectivity index (χ1n) is 19.7. The maximum Gasteiger partial charge on any atom is 0.326 e. The van der Waals surface area contributed by atoms with Crippen LogP contribution < -0.4 is 16.5 Å². The maximum absolute atomic E-state index is 12.9. The number of aromatic amines is 1. The fourth-order valence-electron chi connectivity index (χ4n) is 7.90. The Hall–Kier alpha value is -5.11. The number of carbonyl (C=O) groups is 2. The highest BCUT2D eigenvalue weighted by Crippen LogP contribution is 2.39.